The molecule has 0 aliphatic heterocycles. The molecule has 0 fully saturated rings. The van der Waals surface area contributed by atoms with Crippen LogP contribution in [0.25, 0.3) is 0 Å². The normalized spacial score (nSPS) is 12.7. The topological polar surface area (TPSA) is 24.1 Å². The second-order valence-corrected chi connectivity index (χ2v) is 4.68. The maximum atomic E-state index is 13.5. The lowest BCUT2D eigenvalue weighted by Crippen LogP contribution is -2.36. The van der Waals surface area contributed by atoms with E-state index in [1.54, 1.807) is 13.0 Å². The number of nitrogens with one attached hydrogen (secondary N) is 2. The van der Waals surface area contributed by atoms with Gasteiger partial charge in [0, 0.05) is 30.8 Å². The predicted molar refractivity (Wildman–Crippen MR) is 70.6 cm³/mol. The molecule has 1 atom stereocenters. The Bertz CT molecular complexity index is 380. The van der Waals surface area contributed by atoms with E-state index in [9.17, 15) is 8.78 Å². The van der Waals surface area contributed by atoms with Crippen LogP contribution in [0.2, 0.25) is 0 Å². The van der Waals surface area contributed by atoms with Gasteiger partial charge in [-0.05, 0) is 38.4 Å². The Morgan fingerprint density at radius 1 is 1.22 bits per heavy atom. The summed E-state index contributed by atoms with van der Waals surface area (Å²) in [5.74, 6) is -0.978. The third-order valence-corrected chi connectivity index (χ3v) is 2.85. The van der Waals surface area contributed by atoms with E-state index >= 15 is 0 Å². The summed E-state index contributed by atoms with van der Waals surface area (Å²) in [7, 11) is 0. The van der Waals surface area contributed by atoms with Crippen LogP contribution >= 0.6 is 0 Å². The van der Waals surface area contributed by atoms with Crippen molar-refractivity contribution in [2.45, 2.75) is 39.8 Å². The molecule has 0 spiro atoms. The standard InChI is InChI=1S/C14H22F2N2/c1-4-5-17-8-11(3)18-9-12-6-10(2)13(15)7-14(12)16/h6-7,11,17-18H,4-5,8-9H2,1-3H3. The van der Waals surface area contributed by atoms with Gasteiger partial charge in [-0.3, -0.25) is 0 Å². The second kappa shape index (κ2) is 7.44. The maximum absolute atomic E-state index is 13.5. The molecule has 102 valence electrons. The van der Waals surface area contributed by atoms with Gasteiger partial charge in [0.05, 0.1) is 0 Å². The second-order valence-electron chi connectivity index (χ2n) is 4.68. The van der Waals surface area contributed by atoms with Crippen LogP contribution in [0.1, 0.15) is 31.4 Å². The number of hydrogen-bond donors (Lipinski definition) is 2. The van der Waals surface area contributed by atoms with Crippen molar-refractivity contribution < 1.29 is 8.78 Å². The Labute approximate surface area is 108 Å². The fourth-order valence-corrected chi connectivity index (χ4v) is 1.70. The zero-order valence-electron chi connectivity index (χ0n) is 11.3. The molecule has 0 amide bonds. The lowest BCUT2D eigenvalue weighted by Gasteiger charge is -2.15. The van der Waals surface area contributed by atoms with Crippen LogP contribution < -0.4 is 10.6 Å². The summed E-state index contributed by atoms with van der Waals surface area (Å²) in [5, 5.41) is 6.51. The van der Waals surface area contributed by atoms with Crippen LogP contribution in [0.5, 0.6) is 0 Å². The average molecular weight is 256 g/mol. The molecule has 0 heterocycles. The minimum atomic E-state index is -0.492. The molecule has 1 aromatic carbocycles. The van der Waals surface area contributed by atoms with Crippen molar-refractivity contribution >= 4 is 0 Å². The van der Waals surface area contributed by atoms with Crippen molar-refractivity contribution in [3.63, 3.8) is 0 Å². The van der Waals surface area contributed by atoms with Gasteiger partial charge in [-0.15, -0.1) is 0 Å². The molecule has 0 aromatic heterocycles. The SMILES string of the molecule is CCCNCC(C)NCc1cc(C)c(F)cc1F. The highest BCUT2D eigenvalue weighted by Gasteiger charge is 2.08. The van der Waals surface area contributed by atoms with Gasteiger partial charge in [0.15, 0.2) is 0 Å². The van der Waals surface area contributed by atoms with Crippen molar-refractivity contribution in [3.05, 3.63) is 34.9 Å². The van der Waals surface area contributed by atoms with Gasteiger partial charge in [0.25, 0.3) is 0 Å². The Hall–Kier alpha value is -1.00. The quantitative estimate of drug-likeness (QED) is 0.733. The highest BCUT2D eigenvalue weighted by atomic mass is 19.1. The van der Waals surface area contributed by atoms with Crippen LogP contribution in [0.15, 0.2) is 12.1 Å². The van der Waals surface area contributed by atoms with E-state index in [1.165, 1.54) is 0 Å². The lowest BCUT2D eigenvalue weighted by atomic mass is 10.1. The van der Waals surface area contributed by atoms with Crippen LogP contribution in [-0.4, -0.2) is 19.1 Å². The molecule has 0 aliphatic carbocycles. The number of rotatable bonds is 7. The van der Waals surface area contributed by atoms with Gasteiger partial charge < -0.3 is 10.6 Å². The van der Waals surface area contributed by atoms with Crippen molar-refractivity contribution in [3.8, 4) is 0 Å². The van der Waals surface area contributed by atoms with E-state index in [4.69, 9.17) is 0 Å². The lowest BCUT2D eigenvalue weighted by molar-refractivity contribution is 0.489. The van der Waals surface area contributed by atoms with Gasteiger partial charge in [-0.1, -0.05) is 6.92 Å². The van der Waals surface area contributed by atoms with Crippen LogP contribution in [-0.2, 0) is 6.54 Å². The molecule has 0 aliphatic rings. The monoisotopic (exact) mass is 256 g/mol. The van der Waals surface area contributed by atoms with E-state index < -0.39 is 11.6 Å². The van der Waals surface area contributed by atoms with Crippen molar-refractivity contribution in [1.82, 2.24) is 10.6 Å². The zero-order chi connectivity index (χ0) is 13.5. The fourth-order valence-electron chi connectivity index (χ4n) is 1.70. The van der Waals surface area contributed by atoms with E-state index in [0.29, 0.717) is 17.7 Å². The molecule has 1 rings (SSSR count). The van der Waals surface area contributed by atoms with E-state index in [2.05, 4.69) is 17.6 Å². The van der Waals surface area contributed by atoms with E-state index in [-0.39, 0.29) is 6.04 Å². The summed E-state index contributed by atoms with van der Waals surface area (Å²) < 4.78 is 26.6. The smallest absolute Gasteiger partial charge is 0.130 e. The highest BCUT2D eigenvalue weighted by Crippen LogP contribution is 2.14. The van der Waals surface area contributed by atoms with Crippen LogP contribution in [0.3, 0.4) is 0 Å². The van der Waals surface area contributed by atoms with Gasteiger partial charge >= 0.3 is 0 Å². The molecule has 0 bridgehead atoms. The van der Waals surface area contributed by atoms with Gasteiger partial charge in [-0.2, -0.15) is 0 Å². The molecule has 0 saturated heterocycles. The van der Waals surface area contributed by atoms with E-state index in [0.717, 1.165) is 25.6 Å². The summed E-state index contributed by atoms with van der Waals surface area (Å²) in [4.78, 5) is 0. The number of halogens is 2. The molecule has 0 saturated carbocycles. The fraction of sp³-hybridized carbons (Fsp3) is 0.571. The minimum Gasteiger partial charge on any atom is -0.315 e. The molecule has 0 radical (unpaired) electrons. The molecule has 1 unspecified atom stereocenters. The molecular weight excluding hydrogens is 234 g/mol. The third-order valence-electron chi connectivity index (χ3n) is 2.85. The molecule has 2 N–H and O–H groups in total. The molecule has 4 heteroatoms. The molecular formula is C14H22F2N2. The largest absolute Gasteiger partial charge is 0.315 e. The first-order valence-corrected chi connectivity index (χ1v) is 6.43. The number of aryl methyl sites for hydroxylation is 1. The first-order valence-electron chi connectivity index (χ1n) is 6.43. The van der Waals surface area contributed by atoms with Crippen molar-refractivity contribution in [1.29, 1.82) is 0 Å². The first kappa shape index (κ1) is 15.1. The zero-order valence-corrected chi connectivity index (χ0v) is 11.3. The maximum Gasteiger partial charge on any atom is 0.130 e. The minimum absolute atomic E-state index is 0.251. The Morgan fingerprint density at radius 2 is 1.94 bits per heavy atom. The number of hydrogen-bond acceptors (Lipinski definition) is 2. The Balaban J connectivity index is 2.45. The van der Waals surface area contributed by atoms with Gasteiger partial charge in [0.1, 0.15) is 11.6 Å². The van der Waals surface area contributed by atoms with Crippen LogP contribution in [0.4, 0.5) is 8.78 Å². The summed E-state index contributed by atoms with van der Waals surface area (Å²) in [6.45, 7) is 8.04. The molecule has 1 aromatic rings. The van der Waals surface area contributed by atoms with Crippen molar-refractivity contribution in [2.75, 3.05) is 13.1 Å². The first-order chi connectivity index (χ1) is 8.54. The van der Waals surface area contributed by atoms with Crippen LogP contribution in [0, 0.1) is 18.6 Å². The summed E-state index contributed by atoms with van der Waals surface area (Å²) in [5.41, 5.74) is 0.987. The predicted octanol–water partition coefficient (Wildman–Crippen LogP) is 2.75. The average Bonchev–Trinajstić information content (AvgIpc) is 2.32. The molecule has 2 nitrogen and oxygen atoms in total. The molecule has 18 heavy (non-hydrogen) atoms. The van der Waals surface area contributed by atoms with Gasteiger partial charge in [-0.25, -0.2) is 8.78 Å². The summed E-state index contributed by atoms with van der Waals surface area (Å²) >= 11 is 0. The Morgan fingerprint density at radius 3 is 2.61 bits per heavy atom. The Kier molecular flexibility index (Phi) is 6.22. The van der Waals surface area contributed by atoms with E-state index in [1.807, 2.05) is 6.92 Å². The highest BCUT2D eigenvalue weighted by molar-refractivity contribution is 5.25. The third kappa shape index (κ3) is 4.70. The number of benzene rings is 1. The summed E-state index contributed by atoms with van der Waals surface area (Å²) in [6.07, 6.45) is 1.10. The van der Waals surface area contributed by atoms with Gasteiger partial charge in [0.2, 0.25) is 0 Å². The van der Waals surface area contributed by atoms with Crippen molar-refractivity contribution in [2.24, 2.45) is 0 Å². The summed E-state index contributed by atoms with van der Waals surface area (Å²) in [6, 6.07) is 2.76.